The van der Waals surface area contributed by atoms with Crippen LogP contribution in [0.4, 0.5) is 13.2 Å². The summed E-state index contributed by atoms with van der Waals surface area (Å²) in [5, 5.41) is 6.08. The van der Waals surface area contributed by atoms with E-state index in [0.717, 1.165) is 18.6 Å². The summed E-state index contributed by atoms with van der Waals surface area (Å²) in [6.45, 7) is 4.30. The van der Waals surface area contributed by atoms with Crippen LogP contribution in [0.25, 0.3) is 0 Å². The number of alkyl halides is 3. The fourth-order valence-electron chi connectivity index (χ4n) is 1.79. The van der Waals surface area contributed by atoms with Gasteiger partial charge in [-0.3, -0.25) is 4.99 Å². The normalized spacial score (nSPS) is 11.2. The number of benzene rings is 1. The third kappa shape index (κ3) is 10.2. The number of aliphatic imine (C=N–C) groups is 1. The van der Waals surface area contributed by atoms with E-state index in [9.17, 15) is 13.2 Å². The van der Waals surface area contributed by atoms with Gasteiger partial charge in [0.15, 0.2) is 5.96 Å². The highest BCUT2D eigenvalue weighted by Gasteiger charge is 2.30. The highest BCUT2D eigenvalue weighted by molar-refractivity contribution is 14.0. The quantitative estimate of drug-likeness (QED) is 0.221. The molecule has 0 unspecified atom stereocenters. The average Bonchev–Trinajstić information content (AvgIpc) is 2.56. The SMILES string of the molecule is CCOCCCNC(=NC)NCC#Cc1cccc(C(F)(F)F)c1.I. The molecule has 0 saturated heterocycles. The van der Waals surface area contributed by atoms with Gasteiger partial charge in [0.05, 0.1) is 12.1 Å². The fraction of sp³-hybridized carbons (Fsp3) is 0.471. The van der Waals surface area contributed by atoms with Crippen molar-refractivity contribution in [1.82, 2.24) is 10.6 Å². The van der Waals surface area contributed by atoms with Gasteiger partial charge < -0.3 is 15.4 Å². The van der Waals surface area contributed by atoms with Gasteiger partial charge in [0.2, 0.25) is 0 Å². The van der Waals surface area contributed by atoms with Gasteiger partial charge in [-0.25, -0.2) is 0 Å². The molecular formula is C17H23F3IN3O. The molecule has 0 fully saturated rings. The maximum absolute atomic E-state index is 12.6. The standard InChI is InChI=1S/C17H22F3N3O.HI/c1-3-24-12-6-11-23-16(21-2)22-10-5-8-14-7-4-9-15(13-14)17(18,19)20;/h4,7,9,13H,3,6,10-12H2,1-2H3,(H2,21,22,23);1H. The summed E-state index contributed by atoms with van der Waals surface area (Å²) in [6.07, 6.45) is -3.51. The molecular weight excluding hydrogens is 446 g/mol. The summed E-state index contributed by atoms with van der Waals surface area (Å²) in [5.41, 5.74) is -0.375. The summed E-state index contributed by atoms with van der Waals surface area (Å²) >= 11 is 0. The van der Waals surface area contributed by atoms with Gasteiger partial charge in [0.25, 0.3) is 0 Å². The van der Waals surface area contributed by atoms with Crippen LogP contribution in [0.3, 0.4) is 0 Å². The molecule has 0 aliphatic rings. The van der Waals surface area contributed by atoms with Crippen molar-refractivity contribution in [2.45, 2.75) is 19.5 Å². The van der Waals surface area contributed by atoms with E-state index in [0.29, 0.717) is 31.3 Å². The van der Waals surface area contributed by atoms with E-state index in [1.54, 1.807) is 13.1 Å². The van der Waals surface area contributed by atoms with Gasteiger partial charge in [-0.05, 0) is 31.5 Å². The molecule has 140 valence electrons. The predicted molar refractivity (Wildman–Crippen MR) is 104 cm³/mol. The van der Waals surface area contributed by atoms with Crippen LogP contribution >= 0.6 is 24.0 Å². The van der Waals surface area contributed by atoms with E-state index in [4.69, 9.17) is 4.74 Å². The van der Waals surface area contributed by atoms with Crippen LogP contribution in [0, 0.1) is 11.8 Å². The molecule has 8 heteroatoms. The van der Waals surface area contributed by atoms with E-state index in [-0.39, 0.29) is 30.5 Å². The number of hydrogen-bond acceptors (Lipinski definition) is 2. The second-order valence-corrected chi connectivity index (χ2v) is 4.78. The summed E-state index contributed by atoms with van der Waals surface area (Å²) in [6, 6.07) is 4.95. The number of ether oxygens (including phenoxy) is 1. The van der Waals surface area contributed by atoms with Gasteiger partial charge in [-0.15, -0.1) is 24.0 Å². The van der Waals surface area contributed by atoms with Crippen molar-refractivity contribution in [1.29, 1.82) is 0 Å². The molecule has 2 N–H and O–H groups in total. The van der Waals surface area contributed by atoms with Gasteiger partial charge in [-0.2, -0.15) is 13.2 Å². The lowest BCUT2D eigenvalue weighted by Crippen LogP contribution is -2.38. The minimum atomic E-state index is -4.36. The van der Waals surface area contributed by atoms with Crippen LogP contribution in [0.15, 0.2) is 29.3 Å². The third-order valence-electron chi connectivity index (χ3n) is 2.95. The van der Waals surface area contributed by atoms with Crippen molar-refractivity contribution in [2.75, 3.05) is 33.4 Å². The Kier molecular flexibility index (Phi) is 12.1. The molecule has 0 radical (unpaired) electrons. The predicted octanol–water partition coefficient (Wildman–Crippen LogP) is 3.27. The molecule has 25 heavy (non-hydrogen) atoms. The zero-order valence-corrected chi connectivity index (χ0v) is 16.6. The van der Waals surface area contributed by atoms with Gasteiger partial charge in [0.1, 0.15) is 0 Å². The largest absolute Gasteiger partial charge is 0.416 e. The minimum Gasteiger partial charge on any atom is -0.382 e. The van der Waals surface area contributed by atoms with Crippen LogP contribution in [0.5, 0.6) is 0 Å². The molecule has 0 amide bonds. The van der Waals surface area contributed by atoms with E-state index in [1.165, 1.54) is 6.07 Å². The molecule has 0 spiro atoms. The van der Waals surface area contributed by atoms with Gasteiger partial charge in [0, 0.05) is 32.4 Å². The lowest BCUT2D eigenvalue weighted by molar-refractivity contribution is -0.137. The molecule has 1 aromatic rings. The van der Waals surface area contributed by atoms with Crippen LogP contribution in [-0.4, -0.2) is 39.3 Å². The minimum absolute atomic E-state index is 0. The van der Waals surface area contributed by atoms with Gasteiger partial charge in [-0.1, -0.05) is 17.9 Å². The molecule has 0 aromatic heterocycles. The van der Waals surface area contributed by atoms with Crippen molar-refractivity contribution in [3.8, 4) is 11.8 Å². The first-order chi connectivity index (χ1) is 11.5. The van der Waals surface area contributed by atoms with Crippen LogP contribution in [0.2, 0.25) is 0 Å². The molecule has 1 rings (SSSR count). The van der Waals surface area contributed by atoms with Crippen LogP contribution in [-0.2, 0) is 10.9 Å². The number of rotatable bonds is 6. The summed E-state index contributed by atoms with van der Waals surface area (Å²) in [7, 11) is 1.64. The maximum Gasteiger partial charge on any atom is 0.416 e. The second-order valence-electron chi connectivity index (χ2n) is 4.78. The summed E-state index contributed by atoms with van der Waals surface area (Å²) < 4.78 is 43.1. The molecule has 0 saturated carbocycles. The van der Waals surface area contributed by atoms with Crippen LogP contribution in [0.1, 0.15) is 24.5 Å². The summed E-state index contributed by atoms with van der Waals surface area (Å²) in [5.74, 6) is 6.08. The lowest BCUT2D eigenvalue weighted by atomic mass is 10.1. The first-order valence-electron chi connectivity index (χ1n) is 7.65. The molecule has 0 atom stereocenters. The highest BCUT2D eigenvalue weighted by Crippen LogP contribution is 2.29. The number of nitrogens with zero attached hydrogens (tertiary/aromatic N) is 1. The number of nitrogens with one attached hydrogen (secondary N) is 2. The molecule has 0 bridgehead atoms. The molecule has 0 aliphatic carbocycles. The van der Waals surface area contributed by atoms with Crippen LogP contribution < -0.4 is 10.6 Å². The first-order valence-corrected chi connectivity index (χ1v) is 7.65. The smallest absolute Gasteiger partial charge is 0.382 e. The van der Waals surface area contributed by atoms with Crippen molar-refractivity contribution in [3.63, 3.8) is 0 Å². The second kappa shape index (κ2) is 12.8. The van der Waals surface area contributed by atoms with E-state index in [2.05, 4.69) is 27.5 Å². The zero-order chi connectivity index (χ0) is 17.8. The molecule has 4 nitrogen and oxygen atoms in total. The number of hydrogen-bond donors (Lipinski definition) is 2. The maximum atomic E-state index is 12.6. The number of halogens is 4. The Hall–Kier alpha value is -1.47. The Morgan fingerprint density at radius 3 is 2.68 bits per heavy atom. The molecule has 0 aliphatic heterocycles. The Bertz CT molecular complexity index is 595. The van der Waals surface area contributed by atoms with Crippen molar-refractivity contribution in [2.24, 2.45) is 4.99 Å². The van der Waals surface area contributed by atoms with E-state index >= 15 is 0 Å². The first kappa shape index (κ1) is 23.5. The Morgan fingerprint density at radius 2 is 2.04 bits per heavy atom. The fourth-order valence-corrected chi connectivity index (χ4v) is 1.79. The zero-order valence-electron chi connectivity index (χ0n) is 14.2. The lowest BCUT2D eigenvalue weighted by Gasteiger charge is -2.09. The topological polar surface area (TPSA) is 45.6 Å². The Balaban J connectivity index is 0.00000576. The monoisotopic (exact) mass is 469 g/mol. The molecule has 1 aromatic carbocycles. The molecule has 0 heterocycles. The van der Waals surface area contributed by atoms with Gasteiger partial charge >= 0.3 is 6.18 Å². The van der Waals surface area contributed by atoms with E-state index in [1.807, 2.05) is 6.92 Å². The summed E-state index contributed by atoms with van der Waals surface area (Å²) in [4.78, 5) is 4.03. The highest BCUT2D eigenvalue weighted by atomic mass is 127. The average molecular weight is 469 g/mol. The Labute approximate surface area is 163 Å². The van der Waals surface area contributed by atoms with E-state index < -0.39 is 11.7 Å². The van der Waals surface area contributed by atoms with Crippen molar-refractivity contribution < 1.29 is 17.9 Å². The Morgan fingerprint density at radius 1 is 1.28 bits per heavy atom. The van der Waals surface area contributed by atoms with Crippen molar-refractivity contribution >= 4 is 29.9 Å². The third-order valence-corrected chi connectivity index (χ3v) is 2.95. The number of guanidine groups is 1. The van der Waals surface area contributed by atoms with Crippen molar-refractivity contribution in [3.05, 3.63) is 35.4 Å².